The first kappa shape index (κ1) is 8.01. The van der Waals surface area contributed by atoms with Gasteiger partial charge in [0.1, 0.15) is 5.54 Å². The van der Waals surface area contributed by atoms with E-state index in [-0.39, 0.29) is 18.0 Å². The molecule has 1 saturated heterocycles. The van der Waals surface area contributed by atoms with E-state index in [2.05, 4.69) is 10.1 Å². The molecule has 0 spiro atoms. The van der Waals surface area contributed by atoms with Crippen LogP contribution < -0.4 is 5.32 Å². The van der Waals surface area contributed by atoms with Crippen LogP contribution in [0.3, 0.4) is 0 Å². The van der Waals surface area contributed by atoms with E-state index in [1.54, 1.807) is 0 Å². The second kappa shape index (κ2) is 2.44. The van der Waals surface area contributed by atoms with Crippen molar-refractivity contribution < 1.29 is 14.6 Å². The highest BCUT2D eigenvalue weighted by molar-refractivity contribution is 5.85. The van der Waals surface area contributed by atoms with Crippen LogP contribution in [-0.4, -0.2) is 36.4 Å². The Morgan fingerprint density at radius 3 is 3.17 bits per heavy atom. The zero-order valence-corrected chi connectivity index (χ0v) is 7.04. The van der Waals surface area contributed by atoms with Gasteiger partial charge in [0.25, 0.3) is 0 Å². The van der Waals surface area contributed by atoms with Gasteiger partial charge in [-0.05, 0) is 19.4 Å². The molecule has 1 saturated carbocycles. The number of methoxy groups -OCH3 is 1. The van der Waals surface area contributed by atoms with Gasteiger partial charge in [-0.15, -0.1) is 0 Å². The molecule has 1 aliphatic carbocycles. The van der Waals surface area contributed by atoms with Crippen LogP contribution in [0.1, 0.15) is 12.8 Å². The van der Waals surface area contributed by atoms with Crippen molar-refractivity contribution in [2.75, 3.05) is 13.7 Å². The van der Waals surface area contributed by atoms with E-state index in [4.69, 9.17) is 0 Å². The van der Waals surface area contributed by atoms with Crippen LogP contribution in [0.25, 0.3) is 0 Å². The third-order valence-corrected chi connectivity index (χ3v) is 2.91. The highest BCUT2D eigenvalue weighted by Gasteiger charge is 2.65. The SMILES string of the molecule is COC(=O)[C@@]12C[C@@H]1[C@H](O)CCN2. The summed E-state index contributed by atoms with van der Waals surface area (Å²) in [5, 5.41) is 12.6. The fourth-order valence-electron chi connectivity index (χ4n) is 2.09. The number of rotatable bonds is 1. The van der Waals surface area contributed by atoms with E-state index in [0.717, 1.165) is 12.8 Å². The number of hydrogen-bond donors (Lipinski definition) is 2. The molecule has 0 bridgehead atoms. The molecule has 2 aliphatic rings. The average Bonchev–Trinajstić information content (AvgIpc) is 2.80. The van der Waals surface area contributed by atoms with Gasteiger partial charge in [-0.3, -0.25) is 4.79 Å². The summed E-state index contributed by atoms with van der Waals surface area (Å²) in [6, 6.07) is 0. The smallest absolute Gasteiger partial charge is 0.326 e. The third-order valence-electron chi connectivity index (χ3n) is 2.91. The van der Waals surface area contributed by atoms with E-state index in [1.807, 2.05) is 0 Å². The molecular formula is C8H13NO3. The number of piperidine rings is 1. The van der Waals surface area contributed by atoms with Crippen LogP contribution in [0.5, 0.6) is 0 Å². The fourth-order valence-corrected chi connectivity index (χ4v) is 2.09. The molecule has 0 aromatic rings. The number of ether oxygens (including phenoxy) is 1. The molecule has 2 N–H and O–H groups in total. The predicted molar refractivity (Wildman–Crippen MR) is 41.5 cm³/mol. The Balaban J connectivity index is 2.10. The molecule has 0 unspecified atom stereocenters. The fraction of sp³-hybridized carbons (Fsp3) is 0.875. The van der Waals surface area contributed by atoms with Crippen LogP contribution in [0.15, 0.2) is 0 Å². The van der Waals surface area contributed by atoms with Crippen LogP contribution in [-0.2, 0) is 9.53 Å². The first-order chi connectivity index (χ1) is 5.70. The van der Waals surface area contributed by atoms with Crippen LogP contribution in [0.2, 0.25) is 0 Å². The number of carbonyl (C=O) groups is 1. The summed E-state index contributed by atoms with van der Waals surface area (Å²) in [6.45, 7) is 0.701. The van der Waals surface area contributed by atoms with Crippen molar-refractivity contribution in [3.8, 4) is 0 Å². The number of nitrogens with one attached hydrogen (secondary N) is 1. The minimum absolute atomic E-state index is 0.0821. The van der Waals surface area contributed by atoms with E-state index in [9.17, 15) is 9.90 Å². The molecule has 0 amide bonds. The van der Waals surface area contributed by atoms with Gasteiger partial charge in [0.2, 0.25) is 0 Å². The first-order valence-corrected chi connectivity index (χ1v) is 4.22. The summed E-state index contributed by atoms with van der Waals surface area (Å²) in [5.41, 5.74) is -0.535. The van der Waals surface area contributed by atoms with Crippen molar-refractivity contribution in [1.29, 1.82) is 0 Å². The van der Waals surface area contributed by atoms with Gasteiger partial charge in [0, 0.05) is 5.92 Å². The minimum Gasteiger partial charge on any atom is -0.468 e. The Kier molecular flexibility index (Phi) is 1.63. The number of carbonyl (C=O) groups excluding carboxylic acids is 1. The number of fused-ring (bicyclic) bond motifs is 1. The molecule has 0 aromatic heterocycles. The summed E-state index contributed by atoms with van der Waals surface area (Å²) in [7, 11) is 1.38. The van der Waals surface area contributed by atoms with Crippen molar-refractivity contribution >= 4 is 5.97 Å². The van der Waals surface area contributed by atoms with Crippen LogP contribution >= 0.6 is 0 Å². The van der Waals surface area contributed by atoms with E-state index in [1.165, 1.54) is 7.11 Å². The normalized spacial score (nSPS) is 44.8. The largest absolute Gasteiger partial charge is 0.468 e. The molecule has 3 atom stereocenters. The summed E-state index contributed by atoms with van der Waals surface area (Å²) in [4.78, 5) is 11.3. The summed E-state index contributed by atoms with van der Waals surface area (Å²) in [5.74, 6) is -0.148. The second-order valence-corrected chi connectivity index (χ2v) is 3.56. The number of esters is 1. The van der Waals surface area contributed by atoms with E-state index in [0.29, 0.717) is 6.54 Å². The highest BCUT2D eigenvalue weighted by atomic mass is 16.5. The Hall–Kier alpha value is -0.610. The van der Waals surface area contributed by atoms with Gasteiger partial charge in [-0.1, -0.05) is 0 Å². The Labute approximate surface area is 70.9 Å². The highest BCUT2D eigenvalue weighted by Crippen LogP contribution is 2.49. The van der Waals surface area contributed by atoms with Crippen molar-refractivity contribution in [2.24, 2.45) is 5.92 Å². The lowest BCUT2D eigenvalue weighted by Gasteiger charge is -2.24. The second-order valence-electron chi connectivity index (χ2n) is 3.56. The molecule has 68 valence electrons. The summed E-state index contributed by atoms with van der Waals surface area (Å²) < 4.78 is 4.67. The lowest BCUT2D eigenvalue weighted by Crippen LogP contribution is -2.48. The maximum Gasteiger partial charge on any atom is 0.326 e. The van der Waals surface area contributed by atoms with Gasteiger partial charge in [0.05, 0.1) is 13.2 Å². The first-order valence-electron chi connectivity index (χ1n) is 4.22. The zero-order valence-electron chi connectivity index (χ0n) is 7.04. The van der Waals surface area contributed by atoms with Gasteiger partial charge in [-0.2, -0.15) is 0 Å². The van der Waals surface area contributed by atoms with Gasteiger partial charge in [0.15, 0.2) is 0 Å². The van der Waals surface area contributed by atoms with Gasteiger partial charge >= 0.3 is 5.97 Å². The Morgan fingerprint density at radius 1 is 1.75 bits per heavy atom. The molecule has 1 heterocycles. The predicted octanol–water partition coefficient (Wildman–Crippen LogP) is -0.728. The molecular weight excluding hydrogens is 158 g/mol. The molecule has 0 radical (unpaired) electrons. The molecule has 4 heteroatoms. The van der Waals surface area contributed by atoms with Gasteiger partial charge in [-0.25, -0.2) is 0 Å². The zero-order chi connectivity index (χ0) is 8.77. The standard InChI is InChI=1S/C8H13NO3/c1-12-7(11)8-4-5(8)6(10)2-3-9-8/h5-6,9-10H,2-4H2,1H3/t5-,6-,8-/m1/s1. The lowest BCUT2D eigenvalue weighted by atomic mass is 10.0. The third kappa shape index (κ3) is 0.881. The van der Waals surface area contributed by atoms with Crippen molar-refractivity contribution in [3.63, 3.8) is 0 Å². The molecule has 12 heavy (non-hydrogen) atoms. The monoisotopic (exact) mass is 171 g/mol. The molecule has 1 aliphatic heterocycles. The topological polar surface area (TPSA) is 58.6 Å². The van der Waals surface area contributed by atoms with Crippen molar-refractivity contribution in [3.05, 3.63) is 0 Å². The summed E-state index contributed by atoms with van der Waals surface area (Å²) in [6.07, 6.45) is 1.13. The van der Waals surface area contributed by atoms with E-state index < -0.39 is 5.54 Å². The maximum atomic E-state index is 11.3. The van der Waals surface area contributed by atoms with Crippen LogP contribution in [0, 0.1) is 5.92 Å². The van der Waals surface area contributed by atoms with Crippen molar-refractivity contribution in [2.45, 2.75) is 24.5 Å². The molecule has 4 nitrogen and oxygen atoms in total. The molecule has 0 aromatic carbocycles. The quantitative estimate of drug-likeness (QED) is 0.511. The maximum absolute atomic E-state index is 11.3. The molecule has 2 rings (SSSR count). The Bertz CT molecular complexity index is 218. The number of aliphatic hydroxyl groups is 1. The minimum atomic E-state index is -0.535. The average molecular weight is 171 g/mol. The Morgan fingerprint density at radius 2 is 2.50 bits per heavy atom. The van der Waals surface area contributed by atoms with Gasteiger partial charge < -0.3 is 15.2 Å². The lowest BCUT2D eigenvalue weighted by molar-refractivity contribution is -0.146. The number of aliphatic hydroxyl groups excluding tert-OH is 1. The molecule has 2 fully saturated rings. The van der Waals surface area contributed by atoms with Crippen molar-refractivity contribution in [1.82, 2.24) is 5.32 Å². The summed E-state index contributed by atoms with van der Waals surface area (Å²) >= 11 is 0. The van der Waals surface area contributed by atoms with E-state index >= 15 is 0 Å². The number of hydrogen-bond acceptors (Lipinski definition) is 4. The van der Waals surface area contributed by atoms with Crippen LogP contribution in [0.4, 0.5) is 0 Å².